The molecule has 0 fully saturated rings. The monoisotopic (exact) mass is 432 g/mol. The Morgan fingerprint density at radius 1 is 1.00 bits per heavy atom. The topological polar surface area (TPSA) is 49.4 Å². The van der Waals surface area contributed by atoms with Crippen LogP contribution in [-0.4, -0.2) is 22.8 Å². The van der Waals surface area contributed by atoms with E-state index in [-0.39, 0.29) is 17.9 Å². The number of amides is 2. The van der Waals surface area contributed by atoms with Crippen molar-refractivity contribution in [3.63, 3.8) is 0 Å². The molecule has 4 nitrogen and oxygen atoms in total. The third-order valence-corrected chi connectivity index (χ3v) is 6.19. The second-order valence-electron chi connectivity index (χ2n) is 7.88. The number of hydrogen-bond donors (Lipinski definition) is 1. The summed E-state index contributed by atoms with van der Waals surface area (Å²) in [7, 11) is 0. The van der Waals surface area contributed by atoms with Gasteiger partial charge in [-0.2, -0.15) is 0 Å². The lowest BCUT2D eigenvalue weighted by Gasteiger charge is -2.30. The van der Waals surface area contributed by atoms with E-state index in [0.717, 1.165) is 24.0 Å². The van der Waals surface area contributed by atoms with Crippen molar-refractivity contribution in [3.8, 4) is 0 Å². The predicted octanol–water partition coefficient (Wildman–Crippen LogP) is 5.17. The number of carbonyl (C=O) groups is 2. The van der Waals surface area contributed by atoms with Crippen LogP contribution in [0.4, 0.5) is 0 Å². The molecule has 1 aliphatic rings. The van der Waals surface area contributed by atoms with E-state index in [9.17, 15) is 9.59 Å². The maximum atomic E-state index is 13.3. The number of halogens is 1. The first-order valence-corrected chi connectivity index (χ1v) is 10.9. The molecular formula is C26H25ClN2O2. The summed E-state index contributed by atoms with van der Waals surface area (Å²) in [4.78, 5) is 28.2. The van der Waals surface area contributed by atoms with E-state index in [1.807, 2.05) is 61.5 Å². The number of aryl methyl sites for hydroxylation is 1. The number of hydrogen-bond acceptors (Lipinski definition) is 2. The van der Waals surface area contributed by atoms with Gasteiger partial charge in [0.05, 0.1) is 0 Å². The number of fused-ring (bicyclic) bond motifs is 1. The van der Waals surface area contributed by atoms with Crippen molar-refractivity contribution >= 4 is 23.4 Å². The molecule has 0 aliphatic carbocycles. The first-order valence-electron chi connectivity index (χ1n) is 10.5. The summed E-state index contributed by atoms with van der Waals surface area (Å²) >= 11 is 6.23. The van der Waals surface area contributed by atoms with Gasteiger partial charge >= 0.3 is 0 Å². The van der Waals surface area contributed by atoms with Crippen LogP contribution in [0.25, 0.3) is 0 Å². The van der Waals surface area contributed by atoms with Crippen LogP contribution in [0.1, 0.15) is 46.4 Å². The molecule has 3 aromatic rings. The van der Waals surface area contributed by atoms with Gasteiger partial charge in [0, 0.05) is 23.2 Å². The summed E-state index contributed by atoms with van der Waals surface area (Å²) in [6.07, 6.45) is 1.62. The highest BCUT2D eigenvalue weighted by Crippen LogP contribution is 2.36. The molecule has 31 heavy (non-hydrogen) atoms. The molecule has 158 valence electrons. The molecule has 3 aromatic carbocycles. The van der Waals surface area contributed by atoms with Crippen LogP contribution in [0.15, 0.2) is 78.9 Å². The number of carbonyl (C=O) groups excluding carboxylic acids is 2. The van der Waals surface area contributed by atoms with Crippen molar-refractivity contribution in [2.45, 2.75) is 38.4 Å². The first-order chi connectivity index (χ1) is 15.1. The largest absolute Gasteiger partial charge is 0.350 e. The number of benzene rings is 3. The van der Waals surface area contributed by atoms with Gasteiger partial charge in [-0.05, 0) is 48.6 Å². The van der Waals surface area contributed by atoms with Gasteiger partial charge in [-0.1, -0.05) is 78.3 Å². The summed E-state index contributed by atoms with van der Waals surface area (Å²) in [6.45, 7) is 2.33. The Kier molecular flexibility index (Phi) is 6.38. The second-order valence-corrected chi connectivity index (χ2v) is 8.29. The molecule has 1 heterocycles. The molecule has 1 N–H and O–H groups in total. The quantitative estimate of drug-likeness (QED) is 0.559. The predicted molar refractivity (Wildman–Crippen MR) is 123 cm³/mol. The average molecular weight is 433 g/mol. The normalized spacial score (nSPS) is 16.1. The summed E-state index contributed by atoms with van der Waals surface area (Å²) in [6, 6.07) is 24.3. The molecule has 0 spiro atoms. The Labute approximate surface area is 187 Å². The third kappa shape index (κ3) is 4.49. The van der Waals surface area contributed by atoms with E-state index < -0.39 is 6.04 Å². The van der Waals surface area contributed by atoms with Crippen molar-refractivity contribution in [2.24, 2.45) is 0 Å². The van der Waals surface area contributed by atoms with Crippen molar-refractivity contribution in [1.29, 1.82) is 0 Å². The fourth-order valence-corrected chi connectivity index (χ4v) is 4.34. The van der Waals surface area contributed by atoms with Crippen LogP contribution in [-0.2, 0) is 17.8 Å². The SMILES string of the molecule is CC(CCc1ccccc1)N1C(=O)c2ccccc2C1C(=O)NCc1ccccc1Cl. The van der Waals surface area contributed by atoms with Crippen molar-refractivity contribution in [2.75, 3.05) is 0 Å². The lowest BCUT2D eigenvalue weighted by atomic mass is 10.0. The van der Waals surface area contributed by atoms with Gasteiger partial charge in [0.1, 0.15) is 6.04 Å². The van der Waals surface area contributed by atoms with Gasteiger partial charge in [-0.25, -0.2) is 0 Å². The minimum absolute atomic E-state index is 0.0869. The molecule has 0 radical (unpaired) electrons. The summed E-state index contributed by atoms with van der Waals surface area (Å²) in [5, 5.41) is 3.59. The minimum Gasteiger partial charge on any atom is -0.350 e. The van der Waals surface area contributed by atoms with E-state index in [2.05, 4.69) is 17.4 Å². The minimum atomic E-state index is -0.642. The second kappa shape index (κ2) is 9.36. The summed E-state index contributed by atoms with van der Waals surface area (Å²) < 4.78 is 0. The molecule has 0 saturated carbocycles. The van der Waals surface area contributed by atoms with Crippen molar-refractivity contribution in [1.82, 2.24) is 10.2 Å². The van der Waals surface area contributed by atoms with Gasteiger partial charge in [0.2, 0.25) is 5.91 Å². The maximum Gasteiger partial charge on any atom is 0.255 e. The Balaban J connectivity index is 1.54. The van der Waals surface area contributed by atoms with E-state index >= 15 is 0 Å². The molecular weight excluding hydrogens is 408 g/mol. The van der Waals surface area contributed by atoms with Crippen LogP contribution >= 0.6 is 11.6 Å². The molecule has 1 aliphatic heterocycles. The number of nitrogens with zero attached hydrogens (tertiary/aromatic N) is 1. The van der Waals surface area contributed by atoms with Gasteiger partial charge in [-0.15, -0.1) is 0 Å². The smallest absolute Gasteiger partial charge is 0.255 e. The zero-order valence-corrected chi connectivity index (χ0v) is 18.2. The molecule has 0 saturated heterocycles. The standard InChI is InChI=1S/C26H25ClN2O2/c1-18(15-16-19-9-3-2-4-10-19)29-24(21-12-6-7-13-22(21)26(29)31)25(30)28-17-20-11-5-8-14-23(20)27/h2-14,18,24H,15-17H2,1H3,(H,28,30). The summed E-state index contributed by atoms with van der Waals surface area (Å²) in [5.74, 6) is -0.279. The molecule has 2 atom stereocenters. The van der Waals surface area contributed by atoms with E-state index in [1.54, 1.807) is 17.0 Å². The van der Waals surface area contributed by atoms with Crippen LogP contribution in [0, 0.1) is 0 Å². The zero-order valence-electron chi connectivity index (χ0n) is 17.4. The van der Waals surface area contributed by atoms with Gasteiger partial charge in [0.15, 0.2) is 0 Å². The molecule has 2 amide bonds. The Morgan fingerprint density at radius 3 is 2.45 bits per heavy atom. The Hall–Kier alpha value is -3.11. The van der Waals surface area contributed by atoms with Gasteiger partial charge in [-0.3, -0.25) is 9.59 Å². The van der Waals surface area contributed by atoms with Gasteiger partial charge < -0.3 is 10.2 Å². The Bertz CT molecular complexity index is 1080. The molecule has 2 unspecified atom stereocenters. The van der Waals surface area contributed by atoms with Crippen LogP contribution in [0.5, 0.6) is 0 Å². The lowest BCUT2D eigenvalue weighted by molar-refractivity contribution is -0.126. The summed E-state index contributed by atoms with van der Waals surface area (Å²) in [5.41, 5.74) is 3.43. The third-order valence-electron chi connectivity index (χ3n) is 5.83. The van der Waals surface area contributed by atoms with Crippen LogP contribution < -0.4 is 5.32 Å². The molecule has 0 bridgehead atoms. The fourth-order valence-electron chi connectivity index (χ4n) is 4.14. The highest BCUT2D eigenvalue weighted by Gasteiger charge is 2.42. The highest BCUT2D eigenvalue weighted by atomic mass is 35.5. The highest BCUT2D eigenvalue weighted by molar-refractivity contribution is 6.31. The maximum absolute atomic E-state index is 13.3. The number of nitrogens with one attached hydrogen (secondary N) is 1. The van der Waals surface area contributed by atoms with Crippen LogP contribution in [0.3, 0.4) is 0 Å². The first kappa shape index (κ1) is 21.1. The fraction of sp³-hybridized carbons (Fsp3) is 0.231. The average Bonchev–Trinajstić information content (AvgIpc) is 3.10. The van der Waals surface area contributed by atoms with Crippen molar-refractivity contribution < 1.29 is 9.59 Å². The lowest BCUT2D eigenvalue weighted by Crippen LogP contribution is -2.43. The van der Waals surface area contributed by atoms with Gasteiger partial charge in [0.25, 0.3) is 5.91 Å². The molecule has 4 rings (SSSR count). The molecule has 0 aromatic heterocycles. The number of rotatable bonds is 7. The van der Waals surface area contributed by atoms with E-state index in [4.69, 9.17) is 11.6 Å². The van der Waals surface area contributed by atoms with Crippen LogP contribution in [0.2, 0.25) is 5.02 Å². The Morgan fingerprint density at radius 2 is 1.68 bits per heavy atom. The zero-order chi connectivity index (χ0) is 21.8. The van der Waals surface area contributed by atoms with E-state index in [1.165, 1.54) is 5.56 Å². The van der Waals surface area contributed by atoms with E-state index in [0.29, 0.717) is 17.1 Å². The van der Waals surface area contributed by atoms with Crippen molar-refractivity contribution in [3.05, 3.63) is 106 Å². The molecule has 5 heteroatoms.